The van der Waals surface area contributed by atoms with Gasteiger partial charge in [-0.3, -0.25) is 0 Å². The molecule has 0 saturated heterocycles. The van der Waals surface area contributed by atoms with E-state index in [0.29, 0.717) is 16.1 Å². The number of hydrogen-bond donors (Lipinski definition) is 1. The van der Waals surface area contributed by atoms with Crippen LogP contribution in [-0.2, 0) is 0 Å². The Morgan fingerprint density at radius 1 is 1.50 bits per heavy atom. The highest BCUT2D eigenvalue weighted by Crippen LogP contribution is 2.34. The topological polar surface area (TPSA) is 63.1 Å². The number of hydrogen-bond acceptors (Lipinski definition) is 4. The van der Waals surface area contributed by atoms with Gasteiger partial charge in [-0.15, -0.1) is 0 Å². The van der Waals surface area contributed by atoms with E-state index in [2.05, 4.69) is 16.9 Å². The molecule has 0 aliphatic heterocycles. The Morgan fingerprint density at radius 3 is 2.89 bits per heavy atom. The van der Waals surface area contributed by atoms with Gasteiger partial charge < -0.3 is 5.11 Å². The van der Waals surface area contributed by atoms with E-state index in [4.69, 9.17) is 5.11 Å². The highest BCUT2D eigenvalue weighted by Gasteiger charge is 2.21. The number of carboxylic acid groups (broad SMARTS) is 1. The summed E-state index contributed by atoms with van der Waals surface area (Å²) in [6.07, 6.45) is 6.41. The van der Waals surface area contributed by atoms with E-state index >= 15 is 0 Å². The van der Waals surface area contributed by atoms with E-state index in [0.717, 1.165) is 5.92 Å². The van der Waals surface area contributed by atoms with E-state index < -0.39 is 5.97 Å². The van der Waals surface area contributed by atoms with E-state index in [1.807, 2.05) is 0 Å². The summed E-state index contributed by atoms with van der Waals surface area (Å²) in [5.41, 5.74) is 0.736. The highest BCUT2D eigenvalue weighted by molar-refractivity contribution is 7.99. The van der Waals surface area contributed by atoms with Gasteiger partial charge in [0.25, 0.3) is 0 Å². The van der Waals surface area contributed by atoms with Crippen molar-refractivity contribution in [1.82, 2.24) is 9.97 Å². The van der Waals surface area contributed by atoms with Gasteiger partial charge in [0.15, 0.2) is 5.16 Å². The molecule has 18 heavy (non-hydrogen) atoms. The van der Waals surface area contributed by atoms with Crippen LogP contribution in [0.4, 0.5) is 0 Å². The van der Waals surface area contributed by atoms with Crippen LogP contribution in [-0.4, -0.2) is 26.3 Å². The Labute approximate surface area is 111 Å². The normalized spacial score (nSPS) is 23.9. The SMILES string of the molecule is Cc1nc(SC2CCCC(C)C2)ncc1C(=O)O. The lowest BCUT2D eigenvalue weighted by Gasteiger charge is -2.25. The monoisotopic (exact) mass is 266 g/mol. The molecule has 1 saturated carbocycles. The van der Waals surface area contributed by atoms with Crippen molar-refractivity contribution in [2.24, 2.45) is 5.92 Å². The predicted octanol–water partition coefficient (Wildman–Crippen LogP) is 3.15. The molecule has 1 aliphatic carbocycles. The summed E-state index contributed by atoms with van der Waals surface area (Å²) >= 11 is 1.69. The molecule has 5 heteroatoms. The van der Waals surface area contributed by atoms with Crippen molar-refractivity contribution in [3.63, 3.8) is 0 Å². The smallest absolute Gasteiger partial charge is 0.339 e. The lowest BCUT2D eigenvalue weighted by atomic mass is 9.91. The summed E-state index contributed by atoms with van der Waals surface area (Å²) in [5, 5.41) is 10.2. The maximum atomic E-state index is 10.9. The standard InChI is InChI=1S/C13H18N2O2S/c1-8-4-3-5-10(6-8)18-13-14-7-11(12(16)17)9(2)15-13/h7-8,10H,3-6H2,1-2H3,(H,16,17). The minimum absolute atomic E-state index is 0.191. The van der Waals surface area contributed by atoms with Crippen LogP contribution in [0, 0.1) is 12.8 Å². The molecule has 1 aromatic rings. The second-order valence-electron chi connectivity index (χ2n) is 4.97. The van der Waals surface area contributed by atoms with Crippen LogP contribution in [0.25, 0.3) is 0 Å². The van der Waals surface area contributed by atoms with Crippen molar-refractivity contribution in [2.75, 3.05) is 0 Å². The lowest BCUT2D eigenvalue weighted by molar-refractivity contribution is 0.0695. The van der Waals surface area contributed by atoms with Crippen LogP contribution < -0.4 is 0 Å². The third kappa shape index (κ3) is 3.22. The first kappa shape index (κ1) is 13.3. The zero-order valence-electron chi connectivity index (χ0n) is 10.7. The number of aryl methyl sites for hydroxylation is 1. The first-order valence-corrected chi connectivity index (χ1v) is 7.18. The maximum Gasteiger partial charge on any atom is 0.339 e. The van der Waals surface area contributed by atoms with Gasteiger partial charge in [-0.1, -0.05) is 31.5 Å². The summed E-state index contributed by atoms with van der Waals surface area (Å²) in [7, 11) is 0. The van der Waals surface area contributed by atoms with E-state index in [1.54, 1.807) is 18.7 Å². The number of nitrogens with zero attached hydrogens (tertiary/aromatic N) is 2. The summed E-state index contributed by atoms with van der Waals surface area (Å²) < 4.78 is 0. The highest BCUT2D eigenvalue weighted by atomic mass is 32.2. The van der Waals surface area contributed by atoms with Crippen molar-refractivity contribution in [3.05, 3.63) is 17.5 Å². The van der Waals surface area contributed by atoms with Gasteiger partial charge in [0.05, 0.1) is 11.3 Å². The van der Waals surface area contributed by atoms with Crippen molar-refractivity contribution >= 4 is 17.7 Å². The number of aromatic nitrogens is 2. The second-order valence-corrected chi connectivity index (χ2v) is 6.24. The molecule has 0 spiro atoms. The van der Waals surface area contributed by atoms with Crippen molar-refractivity contribution in [2.45, 2.75) is 49.9 Å². The fraction of sp³-hybridized carbons (Fsp3) is 0.615. The van der Waals surface area contributed by atoms with Crippen molar-refractivity contribution < 1.29 is 9.90 Å². The average Bonchev–Trinajstić information content (AvgIpc) is 2.28. The Bertz CT molecular complexity index is 451. The molecule has 1 aromatic heterocycles. The minimum Gasteiger partial charge on any atom is -0.478 e. The van der Waals surface area contributed by atoms with E-state index in [-0.39, 0.29) is 5.56 Å². The largest absolute Gasteiger partial charge is 0.478 e. The third-order valence-corrected chi connectivity index (χ3v) is 4.52. The molecule has 2 atom stereocenters. The molecule has 1 N–H and O–H groups in total. The molecule has 4 nitrogen and oxygen atoms in total. The molecular weight excluding hydrogens is 248 g/mol. The molecule has 0 aromatic carbocycles. The first-order chi connectivity index (χ1) is 8.56. The van der Waals surface area contributed by atoms with Gasteiger partial charge in [0.1, 0.15) is 0 Å². The Hall–Kier alpha value is -1.10. The number of carbonyl (C=O) groups is 1. The third-order valence-electron chi connectivity index (χ3n) is 3.35. The quantitative estimate of drug-likeness (QED) is 0.851. The molecule has 2 rings (SSSR count). The molecule has 1 heterocycles. The number of aromatic carboxylic acids is 1. The summed E-state index contributed by atoms with van der Waals surface area (Å²) in [6, 6.07) is 0. The van der Waals surface area contributed by atoms with Crippen molar-refractivity contribution in [3.8, 4) is 0 Å². The summed E-state index contributed by atoms with van der Waals surface area (Å²) in [5.74, 6) is -0.189. The van der Waals surface area contributed by atoms with Crippen LogP contribution in [0.3, 0.4) is 0 Å². The first-order valence-electron chi connectivity index (χ1n) is 6.30. The van der Waals surface area contributed by atoms with Crippen LogP contribution in [0.15, 0.2) is 11.4 Å². The Balaban J connectivity index is 2.05. The van der Waals surface area contributed by atoms with Gasteiger partial charge in [-0.2, -0.15) is 0 Å². The minimum atomic E-state index is -0.963. The maximum absolute atomic E-state index is 10.9. The average molecular weight is 266 g/mol. The van der Waals surface area contributed by atoms with Crippen LogP contribution >= 0.6 is 11.8 Å². The molecule has 1 fully saturated rings. The van der Waals surface area contributed by atoms with Gasteiger partial charge in [0.2, 0.25) is 0 Å². The van der Waals surface area contributed by atoms with Crippen LogP contribution in [0.5, 0.6) is 0 Å². The lowest BCUT2D eigenvalue weighted by Crippen LogP contribution is -2.15. The van der Waals surface area contributed by atoms with Crippen LogP contribution in [0.1, 0.15) is 48.7 Å². The fourth-order valence-electron chi connectivity index (χ4n) is 2.35. The van der Waals surface area contributed by atoms with Gasteiger partial charge >= 0.3 is 5.97 Å². The number of rotatable bonds is 3. The van der Waals surface area contributed by atoms with Gasteiger partial charge in [-0.25, -0.2) is 14.8 Å². The fourth-order valence-corrected chi connectivity index (χ4v) is 3.66. The summed E-state index contributed by atoms with van der Waals surface area (Å²) in [6.45, 7) is 4.01. The number of thioether (sulfide) groups is 1. The second kappa shape index (κ2) is 5.69. The molecule has 0 radical (unpaired) electrons. The van der Waals surface area contributed by atoms with Crippen molar-refractivity contribution in [1.29, 1.82) is 0 Å². The molecule has 0 bridgehead atoms. The predicted molar refractivity (Wildman–Crippen MR) is 71.0 cm³/mol. The van der Waals surface area contributed by atoms with Gasteiger partial charge in [0, 0.05) is 11.4 Å². The van der Waals surface area contributed by atoms with E-state index in [9.17, 15) is 4.79 Å². The van der Waals surface area contributed by atoms with Crippen LogP contribution in [0.2, 0.25) is 0 Å². The molecule has 0 amide bonds. The molecular formula is C13H18N2O2S. The molecule has 2 unspecified atom stereocenters. The Kier molecular flexibility index (Phi) is 4.22. The van der Waals surface area contributed by atoms with Gasteiger partial charge in [-0.05, 0) is 25.7 Å². The Morgan fingerprint density at radius 2 is 2.28 bits per heavy atom. The number of carboxylic acids is 1. The van der Waals surface area contributed by atoms with E-state index in [1.165, 1.54) is 31.9 Å². The molecule has 98 valence electrons. The zero-order chi connectivity index (χ0) is 13.1. The molecule has 1 aliphatic rings. The zero-order valence-corrected chi connectivity index (χ0v) is 11.5. The summed E-state index contributed by atoms with van der Waals surface area (Å²) in [4.78, 5) is 19.3.